The van der Waals surface area contributed by atoms with E-state index in [2.05, 4.69) is 9.88 Å². The molecule has 1 heterocycles. The molecule has 1 saturated carbocycles. The van der Waals surface area contributed by atoms with Gasteiger partial charge in [-0.1, -0.05) is 0 Å². The van der Waals surface area contributed by atoms with Crippen LogP contribution < -0.4 is 5.69 Å². The van der Waals surface area contributed by atoms with E-state index in [9.17, 15) is 9.59 Å². The fourth-order valence-corrected chi connectivity index (χ4v) is 3.07. The molecule has 0 radical (unpaired) electrons. The van der Waals surface area contributed by atoms with E-state index in [4.69, 9.17) is 5.11 Å². The Balaban J connectivity index is 2.09. The molecule has 6 heteroatoms. The Kier molecular flexibility index (Phi) is 3.13. The summed E-state index contributed by atoms with van der Waals surface area (Å²) < 4.78 is 1.67. The van der Waals surface area contributed by atoms with E-state index in [1.165, 1.54) is 6.07 Å². The van der Waals surface area contributed by atoms with Crippen LogP contribution >= 0.6 is 0 Å². The Bertz CT molecular complexity index is 753. The van der Waals surface area contributed by atoms with Gasteiger partial charge >= 0.3 is 11.7 Å². The molecule has 1 aromatic carbocycles. The topological polar surface area (TPSA) is 78.3 Å². The highest BCUT2D eigenvalue weighted by molar-refractivity contribution is 5.92. The number of aromatic amines is 1. The lowest BCUT2D eigenvalue weighted by atomic mass is 9.75. The minimum Gasteiger partial charge on any atom is -0.478 e. The average molecular weight is 289 g/mol. The maximum absolute atomic E-state index is 12.2. The molecule has 1 aliphatic carbocycles. The predicted molar refractivity (Wildman–Crippen MR) is 79.8 cm³/mol. The number of carboxylic acids is 1. The van der Waals surface area contributed by atoms with Crippen molar-refractivity contribution in [1.82, 2.24) is 14.5 Å². The van der Waals surface area contributed by atoms with Crippen LogP contribution in [0, 0.1) is 0 Å². The number of likely N-dealkylation sites (N-methyl/N-ethyl adjacent to an activating group) is 1. The second-order valence-electron chi connectivity index (χ2n) is 6.03. The van der Waals surface area contributed by atoms with Crippen LogP contribution in [-0.4, -0.2) is 45.2 Å². The summed E-state index contributed by atoms with van der Waals surface area (Å²) in [6, 6.07) is 4.73. The standard InChI is InChI=1S/C15H19N3O3/c1-17(2)15(6-3-7-15)9-18-12-8-10(13(19)20)4-5-11(12)16-14(18)21/h4-5,8H,3,6-7,9H2,1-2H3,(H,16,21)(H,19,20). The third-order valence-corrected chi connectivity index (χ3v) is 4.71. The number of nitrogens with zero attached hydrogens (tertiary/aromatic N) is 2. The first kappa shape index (κ1) is 13.9. The smallest absolute Gasteiger partial charge is 0.335 e. The lowest BCUT2D eigenvalue weighted by molar-refractivity contribution is 0.0426. The molecule has 0 unspecified atom stereocenters. The first-order valence-electron chi connectivity index (χ1n) is 7.06. The van der Waals surface area contributed by atoms with Crippen molar-refractivity contribution >= 4 is 17.0 Å². The second kappa shape index (κ2) is 4.73. The molecule has 0 aliphatic heterocycles. The Morgan fingerprint density at radius 2 is 2.14 bits per heavy atom. The number of imidazole rings is 1. The van der Waals surface area contributed by atoms with Gasteiger partial charge in [0.05, 0.1) is 16.6 Å². The number of benzene rings is 1. The number of hydrogen-bond donors (Lipinski definition) is 2. The quantitative estimate of drug-likeness (QED) is 0.894. The normalized spacial score (nSPS) is 17.1. The molecule has 0 saturated heterocycles. The van der Waals surface area contributed by atoms with Crippen LogP contribution in [0.4, 0.5) is 0 Å². The monoisotopic (exact) mass is 289 g/mol. The predicted octanol–water partition coefficient (Wildman–Crippen LogP) is 1.51. The summed E-state index contributed by atoms with van der Waals surface area (Å²) >= 11 is 0. The summed E-state index contributed by atoms with van der Waals surface area (Å²) in [6.45, 7) is 0.585. The van der Waals surface area contributed by atoms with E-state index in [0.717, 1.165) is 19.3 Å². The molecule has 112 valence electrons. The first-order chi connectivity index (χ1) is 9.93. The van der Waals surface area contributed by atoms with Gasteiger partial charge in [0.2, 0.25) is 0 Å². The van der Waals surface area contributed by atoms with E-state index in [0.29, 0.717) is 17.6 Å². The minimum absolute atomic E-state index is 0.00181. The van der Waals surface area contributed by atoms with Crippen LogP contribution in [0.3, 0.4) is 0 Å². The Hall–Kier alpha value is -2.08. The second-order valence-corrected chi connectivity index (χ2v) is 6.03. The number of nitrogens with one attached hydrogen (secondary N) is 1. The van der Waals surface area contributed by atoms with Crippen molar-refractivity contribution in [3.8, 4) is 0 Å². The van der Waals surface area contributed by atoms with Crippen LogP contribution in [0.2, 0.25) is 0 Å². The molecule has 21 heavy (non-hydrogen) atoms. The zero-order valence-corrected chi connectivity index (χ0v) is 12.2. The molecule has 6 nitrogen and oxygen atoms in total. The van der Waals surface area contributed by atoms with Crippen LogP contribution in [0.25, 0.3) is 11.0 Å². The van der Waals surface area contributed by atoms with E-state index < -0.39 is 5.97 Å². The van der Waals surface area contributed by atoms with Crippen LogP contribution in [0.15, 0.2) is 23.0 Å². The highest BCUT2D eigenvalue weighted by Crippen LogP contribution is 2.37. The molecular formula is C15H19N3O3. The van der Waals surface area contributed by atoms with Gasteiger partial charge in [-0.05, 0) is 51.6 Å². The van der Waals surface area contributed by atoms with Gasteiger partial charge in [0, 0.05) is 12.1 Å². The van der Waals surface area contributed by atoms with Crippen LogP contribution in [0.1, 0.15) is 29.6 Å². The number of fused-ring (bicyclic) bond motifs is 1. The molecule has 0 spiro atoms. The molecular weight excluding hydrogens is 270 g/mol. The van der Waals surface area contributed by atoms with Gasteiger partial charge in [-0.3, -0.25) is 4.57 Å². The molecule has 0 bridgehead atoms. The molecule has 0 atom stereocenters. The lowest BCUT2D eigenvalue weighted by Gasteiger charge is -2.47. The first-order valence-corrected chi connectivity index (χ1v) is 7.06. The Morgan fingerprint density at radius 1 is 1.43 bits per heavy atom. The van der Waals surface area contributed by atoms with Gasteiger partial charge in [-0.15, -0.1) is 0 Å². The summed E-state index contributed by atoms with van der Waals surface area (Å²) in [4.78, 5) is 28.3. The van der Waals surface area contributed by atoms with E-state index in [1.54, 1.807) is 16.7 Å². The van der Waals surface area contributed by atoms with Gasteiger partial charge in [0.25, 0.3) is 0 Å². The number of aromatic nitrogens is 2. The van der Waals surface area contributed by atoms with Gasteiger partial charge in [-0.25, -0.2) is 9.59 Å². The molecule has 2 N–H and O–H groups in total. The van der Waals surface area contributed by atoms with Crippen molar-refractivity contribution in [2.45, 2.75) is 31.3 Å². The highest BCUT2D eigenvalue weighted by Gasteiger charge is 2.40. The maximum atomic E-state index is 12.2. The van der Waals surface area contributed by atoms with Gasteiger partial charge in [-0.2, -0.15) is 0 Å². The van der Waals surface area contributed by atoms with E-state index in [-0.39, 0.29) is 16.8 Å². The lowest BCUT2D eigenvalue weighted by Crippen LogP contribution is -2.54. The summed E-state index contributed by atoms with van der Waals surface area (Å²) in [5.74, 6) is -0.983. The van der Waals surface area contributed by atoms with Gasteiger partial charge in [0.1, 0.15) is 0 Å². The van der Waals surface area contributed by atoms with Crippen molar-refractivity contribution in [3.05, 3.63) is 34.2 Å². The summed E-state index contributed by atoms with van der Waals surface area (Å²) in [5.41, 5.74) is 1.35. The van der Waals surface area contributed by atoms with Crippen molar-refractivity contribution in [3.63, 3.8) is 0 Å². The summed E-state index contributed by atoms with van der Waals surface area (Å²) in [6.07, 6.45) is 3.27. The molecule has 3 rings (SSSR count). The van der Waals surface area contributed by atoms with Crippen LogP contribution in [-0.2, 0) is 6.54 Å². The van der Waals surface area contributed by atoms with Gasteiger partial charge in [0.15, 0.2) is 0 Å². The molecule has 2 aromatic rings. The molecule has 1 aromatic heterocycles. The fourth-order valence-electron chi connectivity index (χ4n) is 3.07. The fraction of sp³-hybridized carbons (Fsp3) is 0.467. The Morgan fingerprint density at radius 3 is 2.67 bits per heavy atom. The number of carboxylic acid groups (broad SMARTS) is 1. The number of aromatic carboxylic acids is 1. The molecule has 1 aliphatic rings. The summed E-state index contributed by atoms with van der Waals surface area (Å²) in [5, 5.41) is 9.11. The van der Waals surface area contributed by atoms with E-state index in [1.807, 2.05) is 14.1 Å². The van der Waals surface area contributed by atoms with Crippen molar-refractivity contribution in [1.29, 1.82) is 0 Å². The summed E-state index contributed by atoms with van der Waals surface area (Å²) in [7, 11) is 4.06. The number of carbonyl (C=O) groups is 1. The number of hydrogen-bond acceptors (Lipinski definition) is 3. The van der Waals surface area contributed by atoms with Crippen molar-refractivity contribution < 1.29 is 9.90 Å². The van der Waals surface area contributed by atoms with Gasteiger partial charge < -0.3 is 15.0 Å². The minimum atomic E-state index is -0.983. The zero-order chi connectivity index (χ0) is 15.2. The third-order valence-electron chi connectivity index (χ3n) is 4.71. The highest BCUT2D eigenvalue weighted by atomic mass is 16.4. The number of H-pyrrole nitrogens is 1. The average Bonchev–Trinajstić information content (AvgIpc) is 2.68. The van der Waals surface area contributed by atoms with E-state index >= 15 is 0 Å². The molecule has 0 amide bonds. The van der Waals surface area contributed by atoms with Crippen LogP contribution in [0.5, 0.6) is 0 Å². The van der Waals surface area contributed by atoms with Crippen molar-refractivity contribution in [2.24, 2.45) is 0 Å². The zero-order valence-electron chi connectivity index (χ0n) is 12.2. The number of rotatable bonds is 4. The third kappa shape index (κ3) is 2.15. The Labute approximate surface area is 122 Å². The molecule has 1 fully saturated rings. The largest absolute Gasteiger partial charge is 0.478 e. The SMILES string of the molecule is CN(C)C1(Cn2c(=O)[nH]c3ccc(C(=O)O)cc32)CCC1. The maximum Gasteiger partial charge on any atom is 0.335 e. The van der Waals surface area contributed by atoms with Crippen molar-refractivity contribution in [2.75, 3.05) is 14.1 Å².